The number of methoxy groups -OCH3 is 6. The number of benzene rings is 4. The van der Waals surface area contributed by atoms with Crippen molar-refractivity contribution in [1.82, 2.24) is 0 Å². The van der Waals surface area contributed by atoms with Crippen LogP contribution < -0.4 is 28.4 Å². The Bertz CT molecular complexity index is 1490. The van der Waals surface area contributed by atoms with E-state index in [1.807, 2.05) is 0 Å². The van der Waals surface area contributed by atoms with Crippen molar-refractivity contribution in [2.75, 3.05) is 42.7 Å². The van der Waals surface area contributed by atoms with Gasteiger partial charge in [-0.25, -0.2) is 0 Å². The van der Waals surface area contributed by atoms with Gasteiger partial charge in [-0.3, -0.25) is 30.3 Å². The highest BCUT2D eigenvalue weighted by atomic mass is 16.6. The first-order valence-electron chi connectivity index (χ1n) is 10.9. The van der Waals surface area contributed by atoms with E-state index in [2.05, 4.69) is 0 Å². The summed E-state index contributed by atoms with van der Waals surface area (Å²) in [5.41, 5.74) is -1.90. The lowest BCUT2D eigenvalue weighted by atomic mass is 9.90. The first kappa shape index (κ1) is 26.7. The summed E-state index contributed by atoms with van der Waals surface area (Å²) in [5.74, 6) is -1.19. The van der Waals surface area contributed by atoms with Gasteiger partial charge in [0, 0.05) is 16.2 Å². The average Bonchev–Trinajstić information content (AvgIpc) is 2.92. The summed E-state index contributed by atoms with van der Waals surface area (Å²) in [6.45, 7) is 0. The normalized spacial score (nSPS) is 10.9. The molecule has 0 aliphatic carbocycles. The molecule has 0 spiro atoms. The van der Waals surface area contributed by atoms with Gasteiger partial charge in [0.2, 0.25) is 17.2 Å². The number of hydrogen-bond donors (Lipinski definition) is 0. The number of nitro groups is 3. The molecule has 4 rings (SSSR count). The van der Waals surface area contributed by atoms with Crippen molar-refractivity contribution in [3.8, 4) is 34.5 Å². The molecule has 0 amide bonds. The maximum atomic E-state index is 12.5. The van der Waals surface area contributed by atoms with E-state index in [0.29, 0.717) is 0 Å². The first-order valence-corrected chi connectivity index (χ1v) is 10.9. The molecule has 15 heteroatoms. The van der Waals surface area contributed by atoms with Gasteiger partial charge in [-0.1, -0.05) is 0 Å². The predicted molar refractivity (Wildman–Crippen MR) is 138 cm³/mol. The Morgan fingerprint density at radius 3 is 0.846 bits per heavy atom. The highest BCUT2D eigenvalue weighted by Crippen LogP contribution is 2.56. The molecular formula is C24H21N3O12. The molecule has 0 unspecified atom stereocenters. The Morgan fingerprint density at radius 2 is 0.692 bits per heavy atom. The molecule has 0 saturated carbocycles. The summed E-state index contributed by atoms with van der Waals surface area (Å²) in [7, 11) is 7.28. The van der Waals surface area contributed by atoms with Gasteiger partial charge in [0.25, 0.3) is 0 Å². The van der Waals surface area contributed by atoms with Crippen LogP contribution in [0.1, 0.15) is 0 Å². The summed E-state index contributed by atoms with van der Waals surface area (Å²) in [6, 6.07) is 3.97. The van der Waals surface area contributed by atoms with E-state index in [4.69, 9.17) is 28.4 Å². The van der Waals surface area contributed by atoms with Crippen LogP contribution in [0.5, 0.6) is 34.5 Å². The fourth-order valence-electron chi connectivity index (χ4n) is 4.86. The van der Waals surface area contributed by atoms with Gasteiger partial charge in [0.05, 0.1) is 73.6 Å². The Kier molecular flexibility index (Phi) is 6.75. The Hall–Kier alpha value is -5.34. The summed E-state index contributed by atoms with van der Waals surface area (Å²) in [4.78, 5) is 35.2. The molecule has 15 nitrogen and oxygen atoms in total. The summed E-state index contributed by atoms with van der Waals surface area (Å²) in [5, 5.41) is 36.8. The van der Waals surface area contributed by atoms with Crippen LogP contribution in [0.25, 0.3) is 32.3 Å². The minimum absolute atomic E-state index is 0.0315. The van der Waals surface area contributed by atoms with E-state index in [-0.39, 0.29) is 66.8 Å². The molecule has 4 aromatic carbocycles. The van der Waals surface area contributed by atoms with Crippen molar-refractivity contribution in [2.45, 2.75) is 0 Å². The number of fused-ring (bicyclic) bond motifs is 6. The molecule has 39 heavy (non-hydrogen) atoms. The van der Waals surface area contributed by atoms with Crippen molar-refractivity contribution in [1.29, 1.82) is 0 Å². The van der Waals surface area contributed by atoms with Crippen LogP contribution in [0.4, 0.5) is 17.1 Å². The Morgan fingerprint density at radius 1 is 0.462 bits per heavy atom. The molecule has 0 aliphatic heterocycles. The van der Waals surface area contributed by atoms with Gasteiger partial charge in [-0.15, -0.1) is 0 Å². The zero-order valence-electron chi connectivity index (χ0n) is 21.5. The van der Waals surface area contributed by atoms with Gasteiger partial charge < -0.3 is 28.4 Å². The highest BCUT2D eigenvalue weighted by molar-refractivity contribution is 6.33. The molecule has 0 atom stereocenters. The van der Waals surface area contributed by atoms with E-state index in [1.165, 1.54) is 60.9 Å². The largest absolute Gasteiger partial charge is 0.493 e. The SMILES string of the molecule is COc1cc2c(c([N+](=O)[O-])c1OC)c1cc(OC)c(OC)c([N+](=O)[O-])c1c1cc(OC)c(OC)c([N+](=O)[O-])c21. The van der Waals surface area contributed by atoms with E-state index in [0.717, 1.165) is 0 Å². The molecule has 0 heterocycles. The van der Waals surface area contributed by atoms with Crippen LogP contribution >= 0.6 is 0 Å². The maximum Gasteiger partial charge on any atom is 0.323 e. The van der Waals surface area contributed by atoms with Crippen molar-refractivity contribution >= 4 is 49.4 Å². The van der Waals surface area contributed by atoms with Crippen molar-refractivity contribution in [3.05, 3.63) is 48.5 Å². The molecule has 0 aromatic heterocycles. The van der Waals surface area contributed by atoms with Crippen LogP contribution in [-0.2, 0) is 0 Å². The summed E-state index contributed by atoms with van der Waals surface area (Å²) >= 11 is 0. The van der Waals surface area contributed by atoms with Crippen molar-refractivity contribution in [3.63, 3.8) is 0 Å². The smallest absolute Gasteiger partial charge is 0.323 e. The minimum atomic E-state index is -0.760. The van der Waals surface area contributed by atoms with Gasteiger partial charge in [-0.2, -0.15) is 0 Å². The number of hydrogen-bond acceptors (Lipinski definition) is 12. The van der Waals surface area contributed by atoms with Crippen molar-refractivity contribution < 1.29 is 43.2 Å². The molecule has 0 saturated heterocycles. The zero-order chi connectivity index (χ0) is 28.8. The third-order valence-corrected chi connectivity index (χ3v) is 6.29. The van der Waals surface area contributed by atoms with Crippen LogP contribution in [0, 0.1) is 30.3 Å². The average molecular weight is 543 g/mol. The lowest BCUT2D eigenvalue weighted by Crippen LogP contribution is -2.04. The standard InChI is InChI=1S/C24H21N3O12/c1-34-13-7-10-16(19(25(28)29)22(13)37-4)11-8-14(35-2)24(39-6)21(27(32)33)18(11)12-9-15(36-3)23(38-5)20(17(10)12)26(30)31/h7-9H,1-6H3. The number of rotatable bonds is 9. The summed E-state index contributed by atoms with van der Waals surface area (Å²) < 4.78 is 31.9. The highest BCUT2D eigenvalue weighted by Gasteiger charge is 2.37. The van der Waals surface area contributed by atoms with Gasteiger partial charge in [0.1, 0.15) is 0 Å². The number of ether oxygens (including phenoxy) is 6. The zero-order valence-corrected chi connectivity index (χ0v) is 21.5. The molecule has 0 aliphatic rings. The minimum Gasteiger partial charge on any atom is -0.493 e. The van der Waals surface area contributed by atoms with E-state index in [1.54, 1.807) is 0 Å². The predicted octanol–water partition coefficient (Wildman–Crippen LogP) is 4.92. The molecule has 204 valence electrons. The maximum absolute atomic E-state index is 12.5. The lowest BCUT2D eigenvalue weighted by Gasteiger charge is -2.18. The molecule has 4 aromatic rings. The molecule has 0 bridgehead atoms. The monoisotopic (exact) mass is 543 g/mol. The second-order valence-corrected chi connectivity index (χ2v) is 7.92. The molecule has 0 fully saturated rings. The number of nitro benzene ring substituents is 3. The molecule has 0 N–H and O–H groups in total. The second-order valence-electron chi connectivity index (χ2n) is 7.92. The Balaban J connectivity index is 2.63. The van der Waals surface area contributed by atoms with E-state index < -0.39 is 31.8 Å². The summed E-state index contributed by atoms with van der Waals surface area (Å²) in [6.07, 6.45) is 0. The van der Waals surface area contributed by atoms with Gasteiger partial charge >= 0.3 is 17.1 Å². The van der Waals surface area contributed by atoms with Gasteiger partial charge in [-0.05, 0) is 18.2 Å². The van der Waals surface area contributed by atoms with Crippen LogP contribution in [-0.4, -0.2) is 57.4 Å². The fraction of sp³-hybridized carbons (Fsp3) is 0.250. The molecule has 0 radical (unpaired) electrons. The van der Waals surface area contributed by atoms with Crippen LogP contribution in [0.3, 0.4) is 0 Å². The second kappa shape index (κ2) is 9.85. The number of nitrogens with zero attached hydrogens (tertiary/aromatic N) is 3. The van der Waals surface area contributed by atoms with Crippen molar-refractivity contribution in [2.24, 2.45) is 0 Å². The third kappa shape index (κ3) is 3.74. The fourth-order valence-corrected chi connectivity index (χ4v) is 4.86. The van der Waals surface area contributed by atoms with E-state index >= 15 is 0 Å². The van der Waals surface area contributed by atoms with E-state index in [9.17, 15) is 30.3 Å². The first-order chi connectivity index (χ1) is 18.6. The molecular weight excluding hydrogens is 522 g/mol. The van der Waals surface area contributed by atoms with Gasteiger partial charge in [0.15, 0.2) is 17.2 Å². The lowest BCUT2D eigenvalue weighted by molar-refractivity contribution is -0.384. The topological polar surface area (TPSA) is 185 Å². The quantitative estimate of drug-likeness (QED) is 0.158. The van der Waals surface area contributed by atoms with Crippen LogP contribution in [0.2, 0.25) is 0 Å². The third-order valence-electron chi connectivity index (χ3n) is 6.29. The Labute approximate surface area is 218 Å². The van der Waals surface area contributed by atoms with Crippen LogP contribution in [0.15, 0.2) is 18.2 Å².